The van der Waals surface area contributed by atoms with E-state index < -0.39 is 0 Å². The zero-order chi connectivity index (χ0) is 22.0. The summed E-state index contributed by atoms with van der Waals surface area (Å²) in [5, 5.41) is 9.67. The van der Waals surface area contributed by atoms with Gasteiger partial charge in [0.05, 0.1) is 35.1 Å². The lowest BCUT2D eigenvalue weighted by atomic mass is 9.87. The van der Waals surface area contributed by atoms with Gasteiger partial charge in [0, 0.05) is 18.9 Å². The molecule has 0 aliphatic carbocycles. The highest BCUT2D eigenvalue weighted by molar-refractivity contribution is 5.38. The van der Waals surface area contributed by atoms with E-state index in [0.29, 0.717) is 6.54 Å². The molecule has 4 rings (SSSR count). The van der Waals surface area contributed by atoms with E-state index >= 15 is 0 Å². The summed E-state index contributed by atoms with van der Waals surface area (Å²) in [5.74, 6) is 0. The Labute approximate surface area is 185 Å². The Balaban J connectivity index is 1.81. The van der Waals surface area contributed by atoms with Crippen molar-refractivity contribution in [2.45, 2.75) is 65.6 Å². The average molecular weight is 411 g/mol. The van der Waals surface area contributed by atoms with Crippen LogP contribution < -0.4 is 0 Å². The molecule has 1 fully saturated rings. The number of hydrogen-bond donors (Lipinski definition) is 0. The summed E-state index contributed by atoms with van der Waals surface area (Å²) < 4.78 is 0. The van der Waals surface area contributed by atoms with Crippen molar-refractivity contribution < 1.29 is 0 Å². The lowest BCUT2D eigenvalue weighted by molar-refractivity contribution is 0.0678. The maximum Gasteiger partial charge on any atom is 0.0995 e. The minimum Gasteiger partial charge on any atom is -0.282 e. The quantitative estimate of drug-likeness (QED) is 0.525. The van der Waals surface area contributed by atoms with E-state index in [4.69, 9.17) is 9.97 Å². The van der Waals surface area contributed by atoms with Crippen LogP contribution >= 0.6 is 0 Å². The lowest BCUT2D eigenvalue weighted by Gasteiger charge is -2.42. The number of pyridine rings is 2. The van der Waals surface area contributed by atoms with Crippen molar-refractivity contribution in [2.24, 2.45) is 0 Å². The van der Waals surface area contributed by atoms with Crippen molar-refractivity contribution in [1.29, 1.82) is 5.26 Å². The van der Waals surface area contributed by atoms with Crippen LogP contribution in [0, 0.1) is 39.0 Å². The monoisotopic (exact) mass is 410 g/mol. The van der Waals surface area contributed by atoms with E-state index in [2.05, 4.69) is 56.9 Å². The molecule has 0 N–H and O–H groups in total. The summed E-state index contributed by atoms with van der Waals surface area (Å²) in [7, 11) is 0. The molecule has 0 amide bonds. The van der Waals surface area contributed by atoms with Crippen molar-refractivity contribution in [3.05, 3.63) is 93.6 Å². The van der Waals surface area contributed by atoms with Crippen LogP contribution in [-0.4, -0.2) is 14.9 Å². The van der Waals surface area contributed by atoms with Crippen molar-refractivity contribution in [2.75, 3.05) is 0 Å². The van der Waals surface area contributed by atoms with E-state index in [-0.39, 0.29) is 12.1 Å². The Kier molecular flexibility index (Phi) is 6.15. The molecular weight excluding hydrogens is 380 g/mol. The topological polar surface area (TPSA) is 52.8 Å². The number of benzene rings is 1. The Morgan fingerprint density at radius 2 is 1.45 bits per heavy atom. The molecular formula is C27H30N4. The van der Waals surface area contributed by atoms with Crippen LogP contribution in [0.5, 0.6) is 0 Å². The van der Waals surface area contributed by atoms with E-state index in [1.807, 2.05) is 30.6 Å². The van der Waals surface area contributed by atoms with Gasteiger partial charge in [-0.1, -0.05) is 30.3 Å². The normalized spacial score (nSPS) is 19.2. The highest BCUT2D eigenvalue weighted by Crippen LogP contribution is 2.43. The Bertz CT molecular complexity index is 1070. The van der Waals surface area contributed by atoms with Gasteiger partial charge in [-0.3, -0.25) is 14.9 Å². The van der Waals surface area contributed by atoms with E-state index in [0.717, 1.165) is 41.8 Å². The van der Waals surface area contributed by atoms with Gasteiger partial charge in [-0.05, 0) is 80.8 Å². The maximum absolute atomic E-state index is 9.67. The third kappa shape index (κ3) is 4.38. The van der Waals surface area contributed by atoms with Gasteiger partial charge in [0.2, 0.25) is 0 Å². The second-order valence-electron chi connectivity index (χ2n) is 8.83. The zero-order valence-corrected chi connectivity index (χ0v) is 18.9. The SMILES string of the molecule is Cc1cnc(C2CCC[C@@H](c3ncc(C)cc3C)N2Cc2ccccc2C#N)c(C)c1. The minimum atomic E-state index is 0.202. The molecule has 3 heterocycles. The first kappa shape index (κ1) is 21.2. The highest BCUT2D eigenvalue weighted by atomic mass is 15.2. The van der Waals surface area contributed by atoms with Crippen LogP contribution in [0.2, 0.25) is 0 Å². The Morgan fingerprint density at radius 1 is 0.903 bits per heavy atom. The van der Waals surface area contributed by atoms with E-state index in [9.17, 15) is 5.26 Å². The van der Waals surface area contributed by atoms with Crippen LogP contribution in [0.3, 0.4) is 0 Å². The lowest BCUT2D eigenvalue weighted by Crippen LogP contribution is -2.37. The molecule has 1 aliphatic rings. The molecule has 1 saturated heterocycles. The second kappa shape index (κ2) is 8.99. The number of hydrogen-bond acceptors (Lipinski definition) is 4. The van der Waals surface area contributed by atoms with E-state index in [1.54, 1.807) is 0 Å². The molecule has 31 heavy (non-hydrogen) atoms. The first-order valence-electron chi connectivity index (χ1n) is 11.1. The molecule has 2 aromatic heterocycles. The van der Waals surface area contributed by atoms with Crippen LogP contribution in [0.15, 0.2) is 48.8 Å². The predicted molar refractivity (Wildman–Crippen MR) is 123 cm³/mol. The molecule has 1 aliphatic heterocycles. The van der Waals surface area contributed by atoms with Crippen LogP contribution in [0.1, 0.15) is 76.1 Å². The summed E-state index contributed by atoms with van der Waals surface area (Å²) in [4.78, 5) is 12.3. The second-order valence-corrected chi connectivity index (χ2v) is 8.83. The molecule has 0 radical (unpaired) electrons. The average Bonchev–Trinajstić information content (AvgIpc) is 2.75. The Hall–Kier alpha value is -3.03. The number of nitriles is 1. The molecule has 158 valence electrons. The predicted octanol–water partition coefficient (Wildman–Crippen LogP) is 6.05. The van der Waals surface area contributed by atoms with Gasteiger partial charge in [0.1, 0.15) is 0 Å². The first-order valence-corrected chi connectivity index (χ1v) is 11.1. The Morgan fingerprint density at radius 3 is 1.97 bits per heavy atom. The standard InChI is InChI=1S/C27H30N4/c1-18-12-20(3)26(29-15-18)24-10-7-11-25(27-21(4)13-19(2)16-30-27)31(24)17-23-9-6-5-8-22(23)14-28/h5-6,8-9,12-13,15-16,24-25H,7,10-11,17H2,1-4H3/t24-,25?/m0/s1. The third-order valence-electron chi connectivity index (χ3n) is 6.39. The number of piperidine rings is 1. The van der Waals surface area contributed by atoms with Gasteiger partial charge in [0.15, 0.2) is 0 Å². The van der Waals surface area contributed by atoms with Gasteiger partial charge in [-0.15, -0.1) is 0 Å². The highest BCUT2D eigenvalue weighted by Gasteiger charge is 2.35. The largest absolute Gasteiger partial charge is 0.282 e. The maximum atomic E-state index is 9.67. The number of rotatable bonds is 4. The number of nitrogens with zero attached hydrogens (tertiary/aromatic N) is 4. The van der Waals surface area contributed by atoms with E-state index in [1.165, 1.54) is 22.3 Å². The molecule has 0 spiro atoms. The van der Waals surface area contributed by atoms with Crippen molar-refractivity contribution in [1.82, 2.24) is 14.9 Å². The fourth-order valence-electron chi connectivity index (χ4n) is 4.97. The molecule has 1 unspecified atom stereocenters. The summed E-state index contributed by atoms with van der Waals surface area (Å²) in [6.07, 6.45) is 7.21. The first-order chi connectivity index (χ1) is 15.0. The zero-order valence-electron chi connectivity index (χ0n) is 18.9. The van der Waals surface area contributed by atoms with Crippen molar-refractivity contribution in [3.8, 4) is 6.07 Å². The fraction of sp³-hybridized carbons (Fsp3) is 0.370. The molecule has 0 saturated carbocycles. The van der Waals surface area contributed by atoms with Crippen molar-refractivity contribution >= 4 is 0 Å². The molecule has 0 bridgehead atoms. The van der Waals surface area contributed by atoms with Gasteiger partial charge in [-0.25, -0.2) is 0 Å². The molecule has 4 heteroatoms. The fourth-order valence-corrected chi connectivity index (χ4v) is 4.97. The van der Waals surface area contributed by atoms with Gasteiger partial charge >= 0.3 is 0 Å². The smallest absolute Gasteiger partial charge is 0.0995 e. The molecule has 4 nitrogen and oxygen atoms in total. The van der Waals surface area contributed by atoms with Crippen molar-refractivity contribution in [3.63, 3.8) is 0 Å². The number of likely N-dealkylation sites (tertiary alicyclic amines) is 1. The number of aromatic nitrogens is 2. The summed E-state index contributed by atoms with van der Waals surface area (Å²) in [6, 6.07) is 15.2. The van der Waals surface area contributed by atoms with Crippen LogP contribution in [0.25, 0.3) is 0 Å². The van der Waals surface area contributed by atoms with Gasteiger partial charge in [-0.2, -0.15) is 5.26 Å². The van der Waals surface area contributed by atoms with Crippen LogP contribution in [-0.2, 0) is 6.54 Å². The van der Waals surface area contributed by atoms with Crippen LogP contribution in [0.4, 0.5) is 0 Å². The molecule has 2 atom stereocenters. The minimum absolute atomic E-state index is 0.202. The summed E-state index contributed by atoms with van der Waals surface area (Å²) in [6.45, 7) is 9.22. The summed E-state index contributed by atoms with van der Waals surface area (Å²) in [5.41, 5.74) is 8.95. The molecule has 3 aromatic rings. The third-order valence-corrected chi connectivity index (χ3v) is 6.39. The number of aryl methyl sites for hydroxylation is 4. The summed E-state index contributed by atoms with van der Waals surface area (Å²) >= 11 is 0. The van der Waals surface area contributed by atoms with Gasteiger partial charge in [0.25, 0.3) is 0 Å². The van der Waals surface area contributed by atoms with Gasteiger partial charge < -0.3 is 0 Å². The molecule has 1 aromatic carbocycles.